The van der Waals surface area contributed by atoms with Crippen LogP contribution >= 0.6 is 0 Å². The number of sulfonamides is 1. The van der Waals surface area contributed by atoms with Gasteiger partial charge in [0.2, 0.25) is 21.8 Å². The van der Waals surface area contributed by atoms with Crippen molar-refractivity contribution in [1.82, 2.24) is 14.5 Å². The number of likely N-dealkylation sites (N-methyl/N-ethyl adjacent to an activating group) is 1. The number of carbonyl (C=O) groups is 2. The van der Waals surface area contributed by atoms with E-state index >= 15 is 0 Å². The molecule has 0 saturated carbocycles. The topological polar surface area (TPSA) is 108 Å². The summed E-state index contributed by atoms with van der Waals surface area (Å²) in [6.07, 6.45) is 3.40. The van der Waals surface area contributed by atoms with Crippen LogP contribution in [0.25, 0.3) is 0 Å². The maximum absolute atomic E-state index is 13.1. The highest BCUT2D eigenvalue weighted by Crippen LogP contribution is 2.31. The molecule has 2 N–H and O–H groups in total. The molecule has 32 heavy (non-hydrogen) atoms. The number of nitrogens with one attached hydrogen (secondary N) is 2. The lowest BCUT2D eigenvalue weighted by Gasteiger charge is -2.26. The lowest BCUT2D eigenvalue weighted by atomic mass is 10.2. The number of benzene rings is 1. The van der Waals surface area contributed by atoms with Gasteiger partial charge in [-0.15, -0.1) is 0 Å². The normalized spacial score (nSPS) is 15.1. The van der Waals surface area contributed by atoms with Gasteiger partial charge in [-0.3, -0.25) is 14.5 Å². The van der Waals surface area contributed by atoms with E-state index < -0.39 is 10.0 Å². The van der Waals surface area contributed by atoms with Crippen LogP contribution in [0.15, 0.2) is 23.1 Å². The van der Waals surface area contributed by atoms with Crippen molar-refractivity contribution in [2.75, 3.05) is 45.1 Å². The fraction of sp³-hybridized carbons (Fsp3) is 0.636. The first-order valence-electron chi connectivity index (χ1n) is 11.2. The van der Waals surface area contributed by atoms with E-state index in [1.807, 2.05) is 20.8 Å². The first-order valence-corrected chi connectivity index (χ1v) is 12.6. The predicted molar refractivity (Wildman–Crippen MR) is 124 cm³/mol. The van der Waals surface area contributed by atoms with Crippen molar-refractivity contribution < 1.29 is 22.7 Å². The third-order valence-corrected chi connectivity index (χ3v) is 6.83. The molecule has 0 aliphatic carbocycles. The van der Waals surface area contributed by atoms with E-state index in [1.54, 1.807) is 18.0 Å². The molecule has 0 spiro atoms. The molecular formula is C22H36N4O5S. The van der Waals surface area contributed by atoms with Gasteiger partial charge < -0.3 is 15.4 Å². The molecule has 1 heterocycles. The van der Waals surface area contributed by atoms with Gasteiger partial charge in [-0.25, -0.2) is 8.42 Å². The monoisotopic (exact) mass is 468 g/mol. The van der Waals surface area contributed by atoms with Gasteiger partial charge in [-0.1, -0.05) is 13.3 Å². The molecule has 0 radical (unpaired) electrons. The van der Waals surface area contributed by atoms with Crippen molar-refractivity contribution in [2.45, 2.75) is 57.5 Å². The summed E-state index contributed by atoms with van der Waals surface area (Å²) in [5, 5.41) is 5.53. The number of anilines is 1. The van der Waals surface area contributed by atoms with Gasteiger partial charge in [0.25, 0.3) is 0 Å². The highest BCUT2D eigenvalue weighted by molar-refractivity contribution is 7.89. The molecular weight excluding hydrogens is 432 g/mol. The number of amides is 2. The zero-order valence-electron chi connectivity index (χ0n) is 19.5. The third-order valence-electron chi connectivity index (χ3n) is 4.94. The number of ether oxygens (including phenoxy) is 1. The van der Waals surface area contributed by atoms with E-state index in [0.717, 1.165) is 25.7 Å². The predicted octanol–water partition coefficient (Wildman–Crippen LogP) is 2.04. The molecule has 1 aliphatic heterocycles. The summed E-state index contributed by atoms with van der Waals surface area (Å²) in [5.41, 5.74) is 0.297. The van der Waals surface area contributed by atoms with Gasteiger partial charge in [0, 0.05) is 19.6 Å². The van der Waals surface area contributed by atoms with Crippen molar-refractivity contribution in [1.29, 1.82) is 0 Å². The fourth-order valence-electron chi connectivity index (χ4n) is 3.43. The fourth-order valence-corrected chi connectivity index (χ4v) is 4.98. The molecule has 10 heteroatoms. The molecule has 1 aromatic carbocycles. The highest BCUT2D eigenvalue weighted by Gasteiger charge is 2.27. The van der Waals surface area contributed by atoms with Gasteiger partial charge >= 0.3 is 0 Å². The molecule has 0 bridgehead atoms. The molecule has 0 atom stereocenters. The Morgan fingerprint density at radius 2 is 1.78 bits per heavy atom. The van der Waals surface area contributed by atoms with Gasteiger partial charge in [-0.2, -0.15) is 4.31 Å². The molecule has 1 fully saturated rings. The minimum atomic E-state index is -3.65. The van der Waals surface area contributed by atoms with Crippen LogP contribution in [-0.4, -0.2) is 75.3 Å². The first-order chi connectivity index (χ1) is 15.1. The third kappa shape index (κ3) is 7.75. The molecule has 1 saturated heterocycles. The minimum absolute atomic E-state index is 0.0240. The van der Waals surface area contributed by atoms with Crippen molar-refractivity contribution in [3.8, 4) is 5.75 Å². The minimum Gasteiger partial charge on any atom is -0.489 e. The molecule has 0 unspecified atom stereocenters. The molecule has 180 valence electrons. The van der Waals surface area contributed by atoms with E-state index in [0.29, 0.717) is 31.1 Å². The van der Waals surface area contributed by atoms with Crippen molar-refractivity contribution >= 4 is 27.5 Å². The van der Waals surface area contributed by atoms with E-state index in [2.05, 4.69) is 10.6 Å². The Labute approximate surface area is 191 Å². The summed E-state index contributed by atoms with van der Waals surface area (Å²) in [5.74, 6) is -0.119. The second-order valence-corrected chi connectivity index (χ2v) is 10.3. The summed E-state index contributed by atoms with van der Waals surface area (Å²) in [4.78, 5) is 26.2. The number of hydrogen-bond acceptors (Lipinski definition) is 6. The summed E-state index contributed by atoms with van der Waals surface area (Å²) in [6, 6.07) is 4.55. The van der Waals surface area contributed by atoms with E-state index in [4.69, 9.17) is 4.74 Å². The van der Waals surface area contributed by atoms with Crippen LogP contribution < -0.4 is 15.4 Å². The molecule has 0 aromatic heterocycles. The number of carbonyl (C=O) groups excluding carboxylic acids is 2. The molecule has 1 aliphatic rings. The Morgan fingerprint density at radius 3 is 2.41 bits per heavy atom. The van der Waals surface area contributed by atoms with Gasteiger partial charge in [0.05, 0.1) is 29.8 Å². The SMILES string of the molecule is CCCNC(=O)CN(C)CC(=O)Nc1cc(S(=O)(=O)N2CCCCC2)ccc1OC(C)C. The summed E-state index contributed by atoms with van der Waals surface area (Å²) < 4.78 is 33.4. The Bertz CT molecular complexity index is 882. The zero-order valence-corrected chi connectivity index (χ0v) is 20.3. The average Bonchev–Trinajstić information content (AvgIpc) is 2.73. The van der Waals surface area contributed by atoms with Crippen LogP contribution in [0.1, 0.15) is 46.5 Å². The average molecular weight is 469 g/mol. The van der Waals surface area contributed by atoms with Crippen molar-refractivity contribution in [3.63, 3.8) is 0 Å². The van der Waals surface area contributed by atoms with Gasteiger partial charge in [0.15, 0.2) is 0 Å². The molecule has 2 rings (SSSR count). The van der Waals surface area contributed by atoms with Crippen LogP contribution in [0, 0.1) is 0 Å². The van der Waals surface area contributed by atoms with Gasteiger partial charge in [-0.05, 0) is 58.4 Å². The van der Waals surface area contributed by atoms with Gasteiger partial charge in [0.1, 0.15) is 5.75 Å². The van der Waals surface area contributed by atoms with Crippen LogP contribution in [0.2, 0.25) is 0 Å². The summed E-state index contributed by atoms with van der Waals surface area (Å²) in [6.45, 7) is 7.33. The van der Waals surface area contributed by atoms with Crippen LogP contribution in [-0.2, 0) is 19.6 Å². The smallest absolute Gasteiger partial charge is 0.243 e. The number of piperidine rings is 1. The summed E-state index contributed by atoms with van der Waals surface area (Å²) in [7, 11) is -1.98. The van der Waals surface area contributed by atoms with Crippen LogP contribution in [0.4, 0.5) is 5.69 Å². The standard InChI is InChI=1S/C22H36N4O5S/c1-5-11-23-21(27)15-25(4)16-22(28)24-19-14-18(9-10-20(19)31-17(2)3)32(29,30)26-12-7-6-8-13-26/h9-10,14,17H,5-8,11-13,15-16H2,1-4H3,(H,23,27)(H,24,28). The Balaban J connectivity index is 2.15. The van der Waals surface area contributed by atoms with E-state index in [9.17, 15) is 18.0 Å². The molecule has 2 amide bonds. The zero-order chi connectivity index (χ0) is 23.7. The maximum atomic E-state index is 13.1. The highest BCUT2D eigenvalue weighted by atomic mass is 32.2. The van der Waals surface area contributed by atoms with Crippen molar-refractivity contribution in [2.24, 2.45) is 0 Å². The number of hydrogen-bond donors (Lipinski definition) is 2. The Kier molecular flexibility index (Phi) is 9.92. The quantitative estimate of drug-likeness (QED) is 0.515. The second-order valence-electron chi connectivity index (χ2n) is 8.36. The van der Waals surface area contributed by atoms with E-state index in [-0.39, 0.29) is 35.9 Å². The Morgan fingerprint density at radius 1 is 1.12 bits per heavy atom. The second kappa shape index (κ2) is 12.2. The lowest BCUT2D eigenvalue weighted by molar-refractivity contribution is -0.122. The van der Waals surface area contributed by atoms with Crippen LogP contribution in [0.5, 0.6) is 5.75 Å². The number of rotatable bonds is 11. The van der Waals surface area contributed by atoms with E-state index in [1.165, 1.54) is 16.4 Å². The Hall–Kier alpha value is -2.17. The summed E-state index contributed by atoms with van der Waals surface area (Å²) >= 11 is 0. The maximum Gasteiger partial charge on any atom is 0.243 e. The molecule has 1 aromatic rings. The van der Waals surface area contributed by atoms with Crippen LogP contribution in [0.3, 0.4) is 0 Å². The number of nitrogens with zero attached hydrogens (tertiary/aromatic N) is 2. The van der Waals surface area contributed by atoms with Crippen molar-refractivity contribution in [3.05, 3.63) is 18.2 Å². The largest absolute Gasteiger partial charge is 0.489 e. The lowest BCUT2D eigenvalue weighted by Crippen LogP contribution is -2.39. The molecule has 9 nitrogen and oxygen atoms in total. The first kappa shape index (κ1) is 26.1.